The number of benzene rings is 4. The van der Waals surface area contributed by atoms with Gasteiger partial charge in [0, 0.05) is 34.0 Å². The van der Waals surface area contributed by atoms with Crippen molar-refractivity contribution in [1.82, 2.24) is 4.98 Å². The van der Waals surface area contributed by atoms with Crippen LogP contribution in [0.2, 0.25) is 0 Å². The molecule has 0 saturated heterocycles. The standard InChI is InChI=1S/C31H19F4N5O/c32-25-14-4-5-15-26(25)40-30(38-18-36)39-21-11-6-10-20(16-21)27-22-12-7-13-24(31(33,34)35)28(22)37-17-23(27)29(41)19-8-2-1-3-9-19/h1-17H,(H2,38,39,40). The molecular formula is C31H19F4N5O. The Morgan fingerprint density at radius 3 is 2.34 bits per heavy atom. The number of carbonyl (C=O) groups is 1. The summed E-state index contributed by atoms with van der Waals surface area (Å²) in [6, 6.07) is 24.3. The fraction of sp³-hybridized carbons (Fsp3) is 0.0323. The number of nitriles is 1. The van der Waals surface area contributed by atoms with Crippen LogP contribution in [0.25, 0.3) is 22.0 Å². The first-order valence-corrected chi connectivity index (χ1v) is 12.2. The summed E-state index contributed by atoms with van der Waals surface area (Å²) in [5.74, 6) is -1.07. The molecule has 1 aromatic heterocycles. The van der Waals surface area contributed by atoms with Crippen LogP contribution in [0.5, 0.6) is 0 Å². The molecular weight excluding hydrogens is 534 g/mol. The van der Waals surface area contributed by atoms with Gasteiger partial charge in [0.15, 0.2) is 5.78 Å². The highest BCUT2D eigenvalue weighted by atomic mass is 19.4. The molecule has 0 aliphatic rings. The quantitative estimate of drug-likeness (QED) is 0.0767. The molecule has 5 aromatic rings. The molecule has 0 bridgehead atoms. The topological polar surface area (TPSA) is 90.2 Å². The predicted octanol–water partition coefficient (Wildman–Crippen LogP) is 7.65. The summed E-state index contributed by atoms with van der Waals surface area (Å²) in [5.41, 5.74) is 0.315. The van der Waals surface area contributed by atoms with E-state index in [9.17, 15) is 22.4 Å². The van der Waals surface area contributed by atoms with E-state index >= 15 is 0 Å². The highest BCUT2D eigenvalue weighted by molar-refractivity contribution is 6.17. The molecule has 41 heavy (non-hydrogen) atoms. The number of alkyl halides is 3. The van der Waals surface area contributed by atoms with Crippen LogP contribution >= 0.6 is 0 Å². The van der Waals surface area contributed by atoms with E-state index < -0.39 is 23.3 Å². The number of fused-ring (bicyclic) bond motifs is 1. The van der Waals surface area contributed by atoms with Crippen LogP contribution in [0.15, 0.2) is 108 Å². The van der Waals surface area contributed by atoms with E-state index in [1.807, 2.05) is 0 Å². The van der Waals surface area contributed by atoms with Gasteiger partial charge in [0.2, 0.25) is 12.2 Å². The van der Waals surface area contributed by atoms with Crippen molar-refractivity contribution in [2.24, 2.45) is 4.99 Å². The summed E-state index contributed by atoms with van der Waals surface area (Å²) >= 11 is 0. The van der Waals surface area contributed by atoms with Gasteiger partial charge >= 0.3 is 6.18 Å². The molecule has 0 fully saturated rings. The van der Waals surface area contributed by atoms with Crippen molar-refractivity contribution in [3.63, 3.8) is 0 Å². The smallest absolute Gasteiger partial charge is 0.325 e. The number of anilines is 2. The third-order valence-corrected chi connectivity index (χ3v) is 6.19. The van der Waals surface area contributed by atoms with E-state index in [0.29, 0.717) is 16.8 Å². The molecule has 5 rings (SSSR count). The summed E-state index contributed by atoms with van der Waals surface area (Å²) in [6.07, 6.45) is -1.87. The van der Waals surface area contributed by atoms with Gasteiger partial charge < -0.3 is 10.6 Å². The Morgan fingerprint density at radius 2 is 1.61 bits per heavy atom. The van der Waals surface area contributed by atoms with E-state index in [1.54, 1.807) is 66.9 Å². The molecule has 0 aliphatic heterocycles. The maximum absolute atomic E-state index is 14.2. The number of nitrogens with zero attached hydrogens (tertiary/aromatic N) is 3. The lowest BCUT2D eigenvalue weighted by molar-refractivity contribution is -0.136. The van der Waals surface area contributed by atoms with Crippen LogP contribution in [0.4, 0.5) is 28.9 Å². The summed E-state index contributed by atoms with van der Waals surface area (Å²) in [5, 5.41) is 14.9. The van der Waals surface area contributed by atoms with Gasteiger partial charge in [-0.25, -0.2) is 4.39 Å². The zero-order valence-electron chi connectivity index (χ0n) is 21.1. The largest absolute Gasteiger partial charge is 0.418 e. The molecule has 10 heteroatoms. The number of pyridine rings is 1. The van der Waals surface area contributed by atoms with E-state index in [4.69, 9.17) is 5.26 Å². The van der Waals surface area contributed by atoms with Crippen LogP contribution in [-0.2, 0) is 6.18 Å². The van der Waals surface area contributed by atoms with Gasteiger partial charge in [-0.05, 0) is 35.9 Å². The minimum absolute atomic E-state index is 0.0701. The Bertz CT molecular complexity index is 1830. The zero-order valence-corrected chi connectivity index (χ0v) is 21.1. The molecule has 4 aromatic carbocycles. The molecule has 0 amide bonds. The highest BCUT2D eigenvalue weighted by Crippen LogP contribution is 2.39. The van der Waals surface area contributed by atoms with E-state index in [2.05, 4.69) is 20.6 Å². The number of aromatic nitrogens is 1. The van der Waals surface area contributed by atoms with Crippen molar-refractivity contribution in [2.75, 3.05) is 10.6 Å². The number of halogens is 4. The summed E-state index contributed by atoms with van der Waals surface area (Å²) in [4.78, 5) is 21.3. The van der Waals surface area contributed by atoms with Crippen molar-refractivity contribution in [1.29, 1.82) is 5.26 Å². The van der Waals surface area contributed by atoms with Gasteiger partial charge in [0.1, 0.15) is 5.82 Å². The number of hydrogen-bond acceptors (Lipinski definition) is 4. The van der Waals surface area contributed by atoms with E-state index in [1.165, 1.54) is 30.3 Å². The summed E-state index contributed by atoms with van der Waals surface area (Å²) in [6.45, 7) is 0. The van der Waals surface area contributed by atoms with Crippen molar-refractivity contribution in [3.8, 4) is 17.3 Å². The predicted molar refractivity (Wildman–Crippen MR) is 149 cm³/mol. The van der Waals surface area contributed by atoms with Gasteiger partial charge in [0.05, 0.1) is 16.8 Å². The summed E-state index contributed by atoms with van der Waals surface area (Å²) < 4.78 is 55.8. The molecule has 1 heterocycles. The second-order valence-corrected chi connectivity index (χ2v) is 8.81. The van der Waals surface area contributed by atoms with Crippen molar-refractivity contribution in [3.05, 3.63) is 126 Å². The van der Waals surface area contributed by atoms with E-state index in [0.717, 1.165) is 12.3 Å². The van der Waals surface area contributed by atoms with Crippen molar-refractivity contribution >= 4 is 34.0 Å². The van der Waals surface area contributed by atoms with Crippen LogP contribution in [-0.4, -0.2) is 16.7 Å². The molecule has 0 saturated carbocycles. The summed E-state index contributed by atoms with van der Waals surface area (Å²) in [7, 11) is 0. The Balaban J connectivity index is 1.64. The van der Waals surface area contributed by atoms with Crippen LogP contribution in [0.1, 0.15) is 21.5 Å². The number of aliphatic imine (C=N–C) groups is 1. The maximum atomic E-state index is 14.2. The van der Waals surface area contributed by atoms with Crippen molar-refractivity contribution in [2.45, 2.75) is 6.18 Å². The average Bonchev–Trinajstić information content (AvgIpc) is 2.97. The molecule has 0 spiro atoms. The van der Waals surface area contributed by atoms with Gasteiger partial charge in [-0.3, -0.25) is 9.78 Å². The van der Waals surface area contributed by atoms with Gasteiger partial charge in [-0.15, -0.1) is 4.99 Å². The average molecular weight is 554 g/mol. The lowest BCUT2D eigenvalue weighted by Gasteiger charge is -2.17. The van der Waals surface area contributed by atoms with Gasteiger partial charge in [0.25, 0.3) is 0 Å². The van der Waals surface area contributed by atoms with Gasteiger partial charge in [-0.1, -0.05) is 66.7 Å². The minimum atomic E-state index is -4.67. The Morgan fingerprint density at radius 1 is 0.878 bits per heavy atom. The maximum Gasteiger partial charge on any atom is 0.418 e. The number of carbonyl (C=O) groups excluding carboxylic acids is 1. The normalized spacial score (nSPS) is 11.6. The molecule has 2 N–H and O–H groups in total. The first-order chi connectivity index (χ1) is 19.8. The van der Waals surface area contributed by atoms with Crippen LogP contribution in [0, 0.1) is 17.3 Å². The first-order valence-electron chi connectivity index (χ1n) is 12.2. The zero-order chi connectivity index (χ0) is 29.0. The molecule has 0 radical (unpaired) electrons. The van der Waals surface area contributed by atoms with Crippen LogP contribution < -0.4 is 10.6 Å². The number of hydrogen-bond donors (Lipinski definition) is 2. The second kappa shape index (κ2) is 11.3. The lowest BCUT2D eigenvalue weighted by Crippen LogP contribution is -2.22. The Kier molecular flexibility index (Phi) is 7.43. The Hall–Kier alpha value is -5.56. The third-order valence-electron chi connectivity index (χ3n) is 6.19. The molecule has 6 nitrogen and oxygen atoms in total. The third kappa shape index (κ3) is 5.74. The van der Waals surface area contributed by atoms with Gasteiger partial charge in [-0.2, -0.15) is 18.4 Å². The molecule has 0 aliphatic carbocycles. The highest BCUT2D eigenvalue weighted by Gasteiger charge is 2.34. The number of nitrogens with one attached hydrogen (secondary N) is 2. The lowest BCUT2D eigenvalue weighted by atomic mass is 9.91. The van der Waals surface area contributed by atoms with Crippen LogP contribution in [0.3, 0.4) is 0 Å². The molecule has 0 atom stereocenters. The fourth-order valence-corrected chi connectivity index (χ4v) is 4.40. The first kappa shape index (κ1) is 27.0. The van der Waals surface area contributed by atoms with E-state index in [-0.39, 0.29) is 33.7 Å². The molecule has 202 valence electrons. The number of rotatable bonds is 5. The fourth-order valence-electron chi connectivity index (χ4n) is 4.40. The second-order valence-electron chi connectivity index (χ2n) is 8.81. The monoisotopic (exact) mass is 553 g/mol. The number of guanidine groups is 1. The number of ketones is 1. The minimum Gasteiger partial charge on any atom is -0.325 e. The van der Waals surface area contributed by atoms with Crippen molar-refractivity contribution < 1.29 is 22.4 Å². The number of para-hydroxylation sites is 2. The SMILES string of the molecule is N#C/N=C(\Nc1cccc(-c2c(C(=O)c3ccccc3)cnc3c(C(F)(F)F)cccc23)c1)Nc1ccccc1F. The molecule has 0 unspecified atom stereocenters. The Labute approximate surface area is 231 Å².